The van der Waals surface area contributed by atoms with Crippen LogP contribution in [0.25, 0.3) is 0 Å². The second-order valence-electron chi connectivity index (χ2n) is 3.02. The van der Waals surface area contributed by atoms with E-state index < -0.39 is 10.8 Å². The molecular formula is C8H18N2O2S. The topological polar surface area (TPSA) is 58.2 Å². The third kappa shape index (κ3) is 7.93. The maximum Gasteiger partial charge on any atom is 0.221 e. The standard InChI is InChI=1S/C8H18N2O2S/c1-7(6-13(3)12)10-5-4-8(11)9-2/h7,10H,4-6H2,1-3H3,(H,9,11). The fraction of sp³-hybridized carbons (Fsp3) is 0.875. The van der Waals surface area contributed by atoms with Crippen LogP contribution in [-0.4, -0.2) is 41.8 Å². The normalized spacial score (nSPS) is 15.0. The molecule has 1 amide bonds. The van der Waals surface area contributed by atoms with Gasteiger partial charge in [0, 0.05) is 48.9 Å². The Kier molecular flexibility index (Phi) is 6.80. The summed E-state index contributed by atoms with van der Waals surface area (Å²) in [5.41, 5.74) is 0. The SMILES string of the molecule is CNC(=O)CCNC(C)CS(C)=O. The minimum atomic E-state index is -0.775. The van der Waals surface area contributed by atoms with Crippen molar-refractivity contribution >= 4 is 16.7 Å². The zero-order valence-electron chi connectivity index (χ0n) is 8.42. The number of carbonyl (C=O) groups excluding carboxylic acids is 1. The first-order chi connectivity index (χ1) is 6.06. The van der Waals surface area contributed by atoms with Gasteiger partial charge >= 0.3 is 0 Å². The summed E-state index contributed by atoms with van der Waals surface area (Å²) in [6.07, 6.45) is 2.15. The van der Waals surface area contributed by atoms with Gasteiger partial charge in [0.1, 0.15) is 0 Å². The van der Waals surface area contributed by atoms with E-state index in [1.807, 2.05) is 6.92 Å². The van der Waals surface area contributed by atoms with Crippen LogP contribution < -0.4 is 10.6 Å². The highest BCUT2D eigenvalue weighted by Gasteiger charge is 2.04. The summed E-state index contributed by atoms with van der Waals surface area (Å²) >= 11 is 0. The molecule has 0 heterocycles. The van der Waals surface area contributed by atoms with E-state index in [2.05, 4.69) is 10.6 Å². The predicted octanol–water partition coefficient (Wildman–Crippen LogP) is -0.521. The van der Waals surface area contributed by atoms with E-state index in [1.165, 1.54) is 0 Å². The molecule has 0 spiro atoms. The molecule has 2 atom stereocenters. The molecule has 0 aliphatic rings. The van der Waals surface area contributed by atoms with Gasteiger partial charge in [0.15, 0.2) is 0 Å². The Bertz CT molecular complexity index is 185. The van der Waals surface area contributed by atoms with Gasteiger partial charge in [-0.2, -0.15) is 0 Å². The molecule has 2 unspecified atom stereocenters. The van der Waals surface area contributed by atoms with E-state index in [9.17, 15) is 9.00 Å². The first-order valence-electron chi connectivity index (χ1n) is 4.30. The van der Waals surface area contributed by atoms with E-state index in [1.54, 1.807) is 13.3 Å². The van der Waals surface area contributed by atoms with Gasteiger partial charge in [-0.1, -0.05) is 0 Å². The van der Waals surface area contributed by atoms with E-state index in [0.717, 1.165) is 0 Å². The summed E-state index contributed by atoms with van der Waals surface area (Å²) in [5, 5.41) is 5.67. The molecule has 0 aromatic rings. The summed E-state index contributed by atoms with van der Waals surface area (Å²) < 4.78 is 10.8. The highest BCUT2D eigenvalue weighted by molar-refractivity contribution is 7.84. The molecule has 0 aromatic heterocycles. The zero-order chi connectivity index (χ0) is 10.3. The zero-order valence-corrected chi connectivity index (χ0v) is 9.24. The lowest BCUT2D eigenvalue weighted by molar-refractivity contribution is -0.120. The average Bonchev–Trinajstić information content (AvgIpc) is 2.02. The van der Waals surface area contributed by atoms with E-state index in [-0.39, 0.29) is 11.9 Å². The third-order valence-corrected chi connectivity index (χ3v) is 2.58. The van der Waals surface area contributed by atoms with Crippen LogP contribution in [0.3, 0.4) is 0 Å². The lowest BCUT2D eigenvalue weighted by Crippen LogP contribution is -2.34. The lowest BCUT2D eigenvalue weighted by Gasteiger charge is -2.11. The van der Waals surface area contributed by atoms with Crippen molar-refractivity contribution in [2.45, 2.75) is 19.4 Å². The fourth-order valence-electron chi connectivity index (χ4n) is 0.968. The van der Waals surface area contributed by atoms with E-state index in [0.29, 0.717) is 18.7 Å². The van der Waals surface area contributed by atoms with Crippen LogP contribution in [0.4, 0.5) is 0 Å². The summed E-state index contributed by atoms with van der Waals surface area (Å²) in [6.45, 7) is 2.60. The number of hydrogen-bond acceptors (Lipinski definition) is 3. The maximum absolute atomic E-state index is 10.8. The number of hydrogen-bond donors (Lipinski definition) is 2. The van der Waals surface area contributed by atoms with Gasteiger partial charge in [-0.25, -0.2) is 0 Å². The van der Waals surface area contributed by atoms with E-state index in [4.69, 9.17) is 0 Å². The van der Waals surface area contributed by atoms with Crippen molar-refractivity contribution in [1.82, 2.24) is 10.6 Å². The second-order valence-corrected chi connectivity index (χ2v) is 4.50. The second kappa shape index (κ2) is 7.03. The Morgan fingerprint density at radius 2 is 2.15 bits per heavy atom. The van der Waals surface area contributed by atoms with Gasteiger partial charge in [0.2, 0.25) is 5.91 Å². The molecule has 0 radical (unpaired) electrons. The van der Waals surface area contributed by atoms with Gasteiger partial charge in [0.25, 0.3) is 0 Å². The molecule has 2 N–H and O–H groups in total. The minimum Gasteiger partial charge on any atom is -0.359 e. The molecular weight excluding hydrogens is 188 g/mol. The van der Waals surface area contributed by atoms with Gasteiger partial charge < -0.3 is 10.6 Å². The van der Waals surface area contributed by atoms with Crippen LogP contribution in [0.15, 0.2) is 0 Å². The first-order valence-corrected chi connectivity index (χ1v) is 6.03. The molecule has 78 valence electrons. The van der Waals surface area contributed by atoms with Crippen molar-refractivity contribution in [2.75, 3.05) is 25.6 Å². The van der Waals surface area contributed by atoms with Gasteiger partial charge in [-0.15, -0.1) is 0 Å². The van der Waals surface area contributed by atoms with Crippen LogP contribution in [0.1, 0.15) is 13.3 Å². The largest absolute Gasteiger partial charge is 0.359 e. The Balaban J connectivity index is 3.42. The smallest absolute Gasteiger partial charge is 0.221 e. The Morgan fingerprint density at radius 1 is 1.54 bits per heavy atom. The number of nitrogens with one attached hydrogen (secondary N) is 2. The Labute approximate surface area is 81.9 Å². The molecule has 0 aromatic carbocycles. The molecule has 0 saturated heterocycles. The fourth-order valence-corrected chi connectivity index (χ4v) is 1.79. The molecule has 4 nitrogen and oxygen atoms in total. The van der Waals surface area contributed by atoms with Crippen molar-refractivity contribution in [3.63, 3.8) is 0 Å². The number of rotatable bonds is 6. The summed E-state index contributed by atoms with van der Waals surface area (Å²) in [4.78, 5) is 10.8. The van der Waals surface area contributed by atoms with Gasteiger partial charge in [-0.05, 0) is 6.92 Å². The molecule has 0 saturated carbocycles. The van der Waals surface area contributed by atoms with Crippen molar-refractivity contribution in [3.8, 4) is 0 Å². The lowest BCUT2D eigenvalue weighted by atomic mass is 10.3. The van der Waals surface area contributed by atoms with Crippen molar-refractivity contribution in [3.05, 3.63) is 0 Å². The van der Waals surface area contributed by atoms with Crippen molar-refractivity contribution in [2.24, 2.45) is 0 Å². The summed E-state index contributed by atoms with van der Waals surface area (Å²) in [5.74, 6) is 0.658. The molecule has 0 aliphatic heterocycles. The highest BCUT2D eigenvalue weighted by Crippen LogP contribution is 1.86. The maximum atomic E-state index is 10.8. The monoisotopic (exact) mass is 206 g/mol. The Hall–Kier alpha value is -0.420. The number of amides is 1. The van der Waals surface area contributed by atoms with Crippen LogP contribution in [-0.2, 0) is 15.6 Å². The molecule has 0 aliphatic carbocycles. The van der Waals surface area contributed by atoms with Crippen LogP contribution in [0.5, 0.6) is 0 Å². The highest BCUT2D eigenvalue weighted by atomic mass is 32.2. The average molecular weight is 206 g/mol. The van der Waals surface area contributed by atoms with Gasteiger partial charge in [0.05, 0.1) is 0 Å². The first kappa shape index (κ1) is 12.6. The van der Waals surface area contributed by atoms with Crippen molar-refractivity contribution < 1.29 is 9.00 Å². The van der Waals surface area contributed by atoms with Gasteiger partial charge in [-0.3, -0.25) is 9.00 Å². The molecule has 13 heavy (non-hydrogen) atoms. The van der Waals surface area contributed by atoms with Crippen LogP contribution in [0, 0.1) is 0 Å². The summed E-state index contributed by atoms with van der Waals surface area (Å²) in [6, 6.07) is 0.204. The predicted molar refractivity (Wildman–Crippen MR) is 55.1 cm³/mol. The molecule has 0 fully saturated rings. The Morgan fingerprint density at radius 3 is 2.62 bits per heavy atom. The molecule has 0 rings (SSSR count). The van der Waals surface area contributed by atoms with Crippen molar-refractivity contribution in [1.29, 1.82) is 0 Å². The third-order valence-electron chi connectivity index (χ3n) is 1.61. The van der Waals surface area contributed by atoms with E-state index >= 15 is 0 Å². The number of carbonyl (C=O) groups is 1. The van der Waals surface area contributed by atoms with Crippen LogP contribution in [0.2, 0.25) is 0 Å². The quantitative estimate of drug-likeness (QED) is 0.615. The van der Waals surface area contributed by atoms with Crippen LogP contribution >= 0.6 is 0 Å². The molecule has 0 bridgehead atoms. The summed E-state index contributed by atoms with van der Waals surface area (Å²) in [7, 11) is 0.843. The molecule has 5 heteroatoms. The minimum absolute atomic E-state index is 0.0253.